The van der Waals surface area contributed by atoms with Crippen molar-refractivity contribution in [2.24, 2.45) is 0 Å². The highest BCUT2D eigenvalue weighted by Gasteiger charge is 2.18. The number of piperidine rings is 1. The molecule has 150 valence electrons. The van der Waals surface area contributed by atoms with E-state index >= 15 is 0 Å². The SMILES string of the molecule is N#Cc1cnn2cc(-c3cnn(C4CCCNC4)c3)cc(Sc3cccc(N)n3)c12. The zero-order valence-electron chi connectivity index (χ0n) is 16.2. The second-order valence-electron chi connectivity index (χ2n) is 7.27. The number of nitrogens with two attached hydrogens (primary N) is 1. The van der Waals surface area contributed by atoms with Crippen molar-refractivity contribution in [1.82, 2.24) is 29.7 Å². The Morgan fingerprint density at radius 1 is 1.20 bits per heavy atom. The zero-order valence-corrected chi connectivity index (χ0v) is 17.0. The summed E-state index contributed by atoms with van der Waals surface area (Å²) in [5.74, 6) is 0.462. The molecule has 3 N–H and O–H groups in total. The lowest BCUT2D eigenvalue weighted by molar-refractivity contribution is 0.347. The molecule has 30 heavy (non-hydrogen) atoms. The van der Waals surface area contributed by atoms with Gasteiger partial charge in [0.25, 0.3) is 0 Å². The number of aromatic nitrogens is 5. The Kier molecular flexibility index (Phi) is 4.86. The predicted octanol–water partition coefficient (Wildman–Crippen LogP) is 3.12. The molecule has 1 saturated heterocycles. The first kappa shape index (κ1) is 18.7. The fraction of sp³-hybridized carbons (Fsp3) is 0.238. The molecule has 1 aliphatic rings. The first-order valence-electron chi connectivity index (χ1n) is 9.78. The molecule has 5 rings (SSSR count). The second-order valence-corrected chi connectivity index (χ2v) is 8.33. The molecule has 8 nitrogen and oxygen atoms in total. The summed E-state index contributed by atoms with van der Waals surface area (Å²) in [7, 11) is 0. The van der Waals surface area contributed by atoms with Crippen LogP contribution in [0.3, 0.4) is 0 Å². The third-order valence-corrected chi connectivity index (χ3v) is 6.20. The minimum absolute atomic E-state index is 0.372. The van der Waals surface area contributed by atoms with Crippen LogP contribution in [0.15, 0.2) is 59.0 Å². The quantitative estimate of drug-likeness (QED) is 0.526. The van der Waals surface area contributed by atoms with Crippen LogP contribution in [0.5, 0.6) is 0 Å². The number of nitriles is 1. The van der Waals surface area contributed by atoms with Crippen LogP contribution in [0.1, 0.15) is 24.4 Å². The van der Waals surface area contributed by atoms with E-state index < -0.39 is 0 Å². The van der Waals surface area contributed by atoms with Crippen molar-refractivity contribution in [3.8, 4) is 17.2 Å². The van der Waals surface area contributed by atoms with E-state index in [0.29, 0.717) is 17.4 Å². The molecule has 0 amide bonds. The first-order chi connectivity index (χ1) is 14.7. The van der Waals surface area contributed by atoms with E-state index in [1.54, 1.807) is 16.8 Å². The number of anilines is 1. The Balaban J connectivity index is 1.56. The second kappa shape index (κ2) is 7.82. The van der Waals surface area contributed by atoms with Gasteiger partial charge in [0.2, 0.25) is 0 Å². The van der Waals surface area contributed by atoms with Gasteiger partial charge in [0, 0.05) is 35.0 Å². The van der Waals surface area contributed by atoms with Crippen LogP contribution < -0.4 is 11.1 Å². The van der Waals surface area contributed by atoms with Gasteiger partial charge in [0.05, 0.1) is 29.5 Å². The number of nitrogens with zero attached hydrogens (tertiary/aromatic N) is 6. The van der Waals surface area contributed by atoms with Crippen molar-refractivity contribution in [2.75, 3.05) is 18.8 Å². The molecule has 0 aromatic carbocycles. The Labute approximate surface area is 177 Å². The number of pyridine rings is 2. The summed E-state index contributed by atoms with van der Waals surface area (Å²) in [6, 6.07) is 10.2. The maximum Gasteiger partial charge on any atom is 0.124 e. The van der Waals surface area contributed by atoms with Gasteiger partial charge in [-0.25, -0.2) is 9.50 Å². The van der Waals surface area contributed by atoms with E-state index in [1.807, 2.05) is 29.2 Å². The molecule has 1 fully saturated rings. The topological polar surface area (TPSA) is 110 Å². The monoisotopic (exact) mass is 416 g/mol. The van der Waals surface area contributed by atoms with E-state index in [1.165, 1.54) is 11.8 Å². The highest BCUT2D eigenvalue weighted by molar-refractivity contribution is 7.99. The lowest BCUT2D eigenvalue weighted by Crippen LogP contribution is -2.31. The van der Waals surface area contributed by atoms with Gasteiger partial charge in [-0.3, -0.25) is 4.68 Å². The number of hydrogen-bond donors (Lipinski definition) is 2. The van der Waals surface area contributed by atoms with Gasteiger partial charge < -0.3 is 11.1 Å². The maximum atomic E-state index is 9.53. The van der Waals surface area contributed by atoms with Gasteiger partial charge in [-0.05, 0) is 37.6 Å². The number of nitrogens with one attached hydrogen (secondary N) is 1. The summed E-state index contributed by atoms with van der Waals surface area (Å²) >= 11 is 1.47. The third kappa shape index (κ3) is 3.51. The number of nitrogen functional groups attached to an aromatic ring is 1. The van der Waals surface area contributed by atoms with Gasteiger partial charge in [0.1, 0.15) is 16.9 Å². The van der Waals surface area contributed by atoms with E-state index in [9.17, 15) is 5.26 Å². The molecule has 1 aliphatic heterocycles. The molecule has 0 radical (unpaired) electrons. The van der Waals surface area contributed by atoms with Crippen LogP contribution in [0, 0.1) is 11.3 Å². The molecule has 1 unspecified atom stereocenters. The largest absolute Gasteiger partial charge is 0.384 e. The molecule has 9 heteroatoms. The van der Waals surface area contributed by atoms with Crippen LogP contribution in [0.25, 0.3) is 16.6 Å². The summed E-state index contributed by atoms with van der Waals surface area (Å²) in [6.45, 7) is 2.01. The van der Waals surface area contributed by atoms with Crippen molar-refractivity contribution < 1.29 is 0 Å². The van der Waals surface area contributed by atoms with Crippen LogP contribution >= 0.6 is 11.8 Å². The number of fused-ring (bicyclic) bond motifs is 1. The smallest absolute Gasteiger partial charge is 0.124 e. The summed E-state index contributed by atoms with van der Waals surface area (Å²) in [4.78, 5) is 5.28. The Morgan fingerprint density at radius 2 is 2.13 bits per heavy atom. The van der Waals surface area contributed by atoms with Gasteiger partial charge in [-0.1, -0.05) is 17.8 Å². The number of rotatable bonds is 4. The Bertz CT molecular complexity index is 1250. The lowest BCUT2D eigenvalue weighted by atomic mass is 10.1. The van der Waals surface area contributed by atoms with E-state index in [2.05, 4.69) is 38.8 Å². The summed E-state index contributed by atoms with van der Waals surface area (Å²) in [5, 5.41) is 22.7. The van der Waals surface area contributed by atoms with Crippen molar-refractivity contribution in [1.29, 1.82) is 5.26 Å². The molecule has 1 atom stereocenters. The van der Waals surface area contributed by atoms with Crippen molar-refractivity contribution >= 4 is 23.1 Å². The summed E-state index contributed by atoms with van der Waals surface area (Å²) in [5.41, 5.74) is 9.13. The summed E-state index contributed by atoms with van der Waals surface area (Å²) < 4.78 is 3.80. The molecular weight excluding hydrogens is 396 g/mol. The van der Waals surface area contributed by atoms with E-state index in [0.717, 1.165) is 52.5 Å². The van der Waals surface area contributed by atoms with Gasteiger partial charge >= 0.3 is 0 Å². The first-order valence-corrected chi connectivity index (χ1v) is 10.6. The zero-order chi connectivity index (χ0) is 20.5. The van der Waals surface area contributed by atoms with Crippen LogP contribution in [0.2, 0.25) is 0 Å². The highest BCUT2D eigenvalue weighted by atomic mass is 32.2. The predicted molar refractivity (Wildman–Crippen MR) is 115 cm³/mol. The van der Waals surface area contributed by atoms with Gasteiger partial charge in [0.15, 0.2) is 0 Å². The molecule has 4 aromatic heterocycles. The van der Waals surface area contributed by atoms with E-state index in [-0.39, 0.29) is 0 Å². The van der Waals surface area contributed by atoms with E-state index in [4.69, 9.17) is 5.73 Å². The molecule has 0 spiro atoms. The average Bonchev–Trinajstić information content (AvgIpc) is 3.42. The molecule has 4 aromatic rings. The fourth-order valence-electron chi connectivity index (χ4n) is 3.75. The number of hydrogen-bond acceptors (Lipinski definition) is 7. The molecule has 0 bridgehead atoms. The lowest BCUT2D eigenvalue weighted by Gasteiger charge is -2.22. The average molecular weight is 417 g/mol. The maximum absolute atomic E-state index is 9.53. The minimum Gasteiger partial charge on any atom is -0.384 e. The van der Waals surface area contributed by atoms with Crippen molar-refractivity contribution in [3.63, 3.8) is 0 Å². The van der Waals surface area contributed by atoms with Crippen molar-refractivity contribution in [3.05, 3.63) is 54.6 Å². The molecular formula is C21H20N8S. The fourth-order valence-corrected chi connectivity index (χ4v) is 4.76. The molecule has 0 aliphatic carbocycles. The Hall–Kier alpha value is -3.35. The standard InChI is InChI=1S/C21H20N8S/c22-8-15-9-26-29-12-14(16-10-25-28(13-16)17-3-2-6-24-11-17)7-18(21(15)29)30-20-5-1-4-19(23)27-20/h1,4-5,7,9-10,12-13,17,24H,2-3,6,11H2,(H2,23,27). The van der Waals surface area contributed by atoms with Crippen LogP contribution in [-0.2, 0) is 0 Å². The summed E-state index contributed by atoms with van der Waals surface area (Å²) in [6.07, 6.45) is 9.78. The van der Waals surface area contributed by atoms with Gasteiger partial charge in [-0.15, -0.1) is 0 Å². The highest BCUT2D eigenvalue weighted by Crippen LogP contribution is 2.35. The third-order valence-electron chi connectivity index (χ3n) is 5.24. The van der Waals surface area contributed by atoms with Gasteiger partial charge in [-0.2, -0.15) is 15.5 Å². The Morgan fingerprint density at radius 3 is 2.93 bits per heavy atom. The minimum atomic E-state index is 0.372. The van der Waals surface area contributed by atoms with Crippen LogP contribution in [-0.4, -0.2) is 37.5 Å². The normalized spacial score (nSPS) is 16.6. The molecule has 0 saturated carbocycles. The van der Waals surface area contributed by atoms with Crippen molar-refractivity contribution in [2.45, 2.75) is 28.8 Å². The van der Waals surface area contributed by atoms with Crippen LogP contribution in [0.4, 0.5) is 5.82 Å². The molecule has 5 heterocycles.